The highest BCUT2D eigenvalue weighted by molar-refractivity contribution is 5.66. The Balaban J connectivity index is 1.30. The van der Waals surface area contributed by atoms with Crippen molar-refractivity contribution in [1.82, 2.24) is 5.32 Å². The van der Waals surface area contributed by atoms with Crippen LogP contribution in [0.2, 0.25) is 0 Å². The maximum atomic E-state index is 12.1. The molecule has 0 aromatic carbocycles. The molecule has 8 rings (SSSR count). The minimum atomic E-state index is -0.875. The monoisotopic (exact) mass is 513 g/mol. The van der Waals surface area contributed by atoms with Gasteiger partial charge in [0.05, 0.1) is 11.0 Å². The lowest BCUT2D eigenvalue weighted by molar-refractivity contribution is -0.249. The molecular weight excluding hydrogens is 462 g/mol. The Kier molecular flexibility index (Phi) is 5.31. The molecule has 13 atom stereocenters. The lowest BCUT2D eigenvalue weighted by atomic mass is 9.33. The van der Waals surface area contributed by atoms with Gasteiger partial charge >= 0.3 is 5.97 Å². The molecule has 2 N–H and O–H groups in total. The third-order valence-electron chi connectivity index (χ3n) is 14.6. The zero-order valence-corrected chi connectivity index (χ0v) is 24.1. The molecule has 37 heavy (non-hydrogen) atoms. The van der Waals surface area contributed by atoms with Crippen molar-refractivity contribution in [3.8, 4) is 0 Å². The summed E-state index contributed by atoms with van der Waals surface area (Å²) in [5, 5.41) is 15.7. The molecule has 0 radical (unpaired) electrons. The molecule has 5 saturated carbocycles. The van der Waals surface area contributed by atoms with Gasteiger partial charge < -0.3 is 19.9 Å². The molecule has 3 aliphatic heterocycles. The number of aliphatic hydroxyl groups is 1. The van der Waals surface area contributed by atoms with Crippen LogP contribution in [0.3, 0.4) is 0 Å². The summed E-state index contributed by atoms with van der Waals surface area (Å²) >= 11 is 0. The SMILES string of the molecule is CC(=O)O[C@@H]1CC[C@@]2(C)O[C@H](O)[C@@]1(C)[C@H]2CC[C@]12[C@@H]3CCC[C@@]34CC[C@@H]3[C@@H]4N[C@H]1[C@@H](C(C)C)CC[C@]32C. The van der Waals surface area contributed by atoms with Crippen LogP contribution in [-0.2, 0) is 14.3 Å². The third kappa shape index (κ3) is 2.81. The molecule has 8 bridgehead atoms. The molecule has 0 amide bonds. The highest BCUT2D eigenvalue weighted by Gasteiger charge is 2.80. The van der Waals surface area contributed by atoms with Crippen LogP contribution < -0.4 is 5.32 Å². The summed E-state index contributed by atoms with van der Waals surface area (Å²) in [5.41, 5.74) is 0.348. The van der Waals surface area contributed by atoms with Gasteiger partial charge in [0.15, 0.2) is 6.29 Å². The van der Waals surface area contributed by atoms with E-state index in [1.807, 2.05) is 0 Å². The normalized spacial score (nSPS) is 59.1. The first kappa shape index (κ1) is 25.3. The zero-order valence-electron chi connectivity index (χ0n) is 24.1. The smallest absolute Gasteiger partial charge is 0.302 e. The number of esters is 1. The molecule has 0 aromatic rings. The number of hydrogen-bond donors (Lipinski definition) is 2. The molecular formula is C32H51NO4. The van der Waals surface area contributed by atoms with E-state index in [1.54, 1.807) is 0 Å². The highest BCUT2D eigenvalue weighted by atomic mass is 16.6. The summed E-state index contributed by atoms with van der Waals surface area (Å²) in [6.45, 7) is 13.5. The summed E-state index contributed by atoms with van der Waals surface area (Å²) in [7, 11) is 0. The topological polar surface area (TPSA) is 67.8 Å². The van der Waals surface area contributed by atoms with Gasteiger partial charge in [-0.1, -0.05) is 34.1 Å². The van der Waals surface area contributed by atoms with Gasteiger partial charge in [0.1, 0.15) is 6.10 Å². The van der Waals surface area contributed by atoms with E-state index in [4.69, 9.17) is 9.47 Å². The van der Waals surface area contributed by atoms with Crippen LogP contribution in [0.4, 0.5) is 0 Å². The minimum Gasteiger partial charge on any atom is -0.462 e. The second kappa shape index (κ2) is 7.75. The fraction of sp³-hybridized carbons (Fsp3) is 0.969. The van der Waals surface area contributed by atoms with Crippen molar-refractivity contribution in [2.24, 2.45) is 51.2 Å². The van der Waals surface area contributed by atoms with Crippen LogP contribution in [0.1, 0.15) is 112 Å². The Hall–Kier alpha value is -0.650. The van der Waals surface area contributed by atoms with Crippen molar-refractivity contribution < 1.29 is 19.4 Å². The van der Waals surface area contributed by atoms with E-state index in [9.17, 15) is 9.90 Å². The maximum absolute atomic E-state index is 12.1. The van der Waals surface area contributed by atoms with Gasteiger partial charge in [-0.2, -0.15) is 0 Å². The first-order valence-electron chi connectivity index (χ1n) is 15.7. The van der Waals surface area contributed by atoms with Gasteiger partial charge in [0.25, 0.3) is 0 Å². The van der Waals surface area contributed by atoms with Crippen LogP contribution in [0.5, 0.6) is 0 Å². The van der Waals surface area contributed by atoms with Crippen LogP contribution >= 0.6 is 0 Å². The van der Waals surface area contributed by atoms with Crippen molar-refractivity contribution in [2.75, 3.05) is 0 Å². The van der Waals surface area contributed by atoms with E-state index in [2.05, 4.69) is 39.9 Å². The first-order valence-corrected chi connectivity index (χ1v) is 15.7. The van der Waals surface area contributed by atoms with Gasteiger partial charge in [-0.3, -0.25) is 4.79 Å². The largest absolute Gasteiger partial charge is 0.462 e. The molecule has 5 heteroatoms. The van der Waals surface area contributed by atoms with Gasteiger partial charge in [-0.15, -0.1) is 0 Å². The van der Waals surface area contributed by atoms with E-state index >= 15 is 0 Å². The number of carbonyl (C=O) groups excluding carboxylic acids is 1. The average molecular weight is 514 g/mol. The molecule has 3 heterocycles. The van der Waals surface area contributed by atoms with Gasteiger partial charge in [0.2, 0.25) is 0 Å². The summed E-state index contributed by atoms with van der Waals surface area (Å²) < 4.78 is 12.3. The quantitative estimate of drug-likeness (QED) is 0.453. The van der Waals surface area contributed by atoms with Crippen LogP contribution in [0.25, 0.3) is 0 Å². The Bertz CT molecular complexity index is 984. The molecule has 5 nitrogen and oxygen atoms in total. The fourth-order valence-corrected chi connectivity index (χ4v) is 13.2. The van der Waals surface area contributed by atoms with Crippen molar-refractivity contribution in [3.05, 3.63) is 0 Å². The van der Waals surface area contributed by atoms with Crippen LogP contribution in [0, 0.1) is 51.2 Å². The van der Waals surface area contributed by atoms with E-state index < -0.39 is 11.7 Å². The number of nitrogens with one attached hydrogen (secondary N) is 1. The predicted octanol–water partition coefficient (Wildman–Crippen LogP) is 5.83. The Morgan fingerprint density at radius 1 is 1.05 bits per heavy atom. The van der Waals surface area contributed by atoms with Crippen molar-refractivity contribution in [1.29, 1.82) is 0 Å². The molecule has 208 valence electrons. The average Bonchev–Trinajstić information content (AvgIpc) is 3.44. The molecule has 8 fully saturated rings. The number of ether oxygens (including phenoxy) is 2. The number of fused-ring (bicyclic) bond motifs is 2. The number of piperidine rings is 2. The predicted molar refractivity (Wildman–Crippen MR) is 142 cm³/mol. The number of hydrogen-bond acceptors (Lipinski definition) is 5. The minimum absolute atomic E-state index is 0.193. The Labute approximate surface area is 224 Å². The molecule has 0 unspecified atom stereocenters. The summed E-state index contributed by atoms with van der Waals surface area (Å²) in [6.07, 6.45) is 12.6. The standard InChI is InChI=1S/C32H51NO4/c1-18(2)20-9-14-28(4)21-10-16-31-13-7-8-23(31)32(28,25(20)33-26(21)31)17-11-22-29(5)15-12-24(36-19(3)34)30(22,6)27(35)37-29/h18,20-27,33,35H,7-17H2,1-6H3/t20-,21-,22+,23-,24-,25+,26+,27+,28-,29-,30+,31-,32+/m1/s1. The summed E-state index contributed by atoms with van der Waals surface area (Å²) in [5.74, 6) is 3.05. The third-order valence-corrected chi connectivity index (χ3v) is 14.6. The number of aliphatic hydroxyl groups excluding tert-OH is 1. The van der Waals surface area contributed by atoms with Crippen molar-refractivity contribution in [2.45, 2.75) is 142 Å². The van der Waals surface area contributed by atoms with E-state index in [0.717, 1.165) is 43.1 Å². The van der Waals surface area contributed by atoms with E-state index in [1.165, 1.54) is 58.3 Å². The molecule has 8 aliphatic rings. The highest BCUT2D eigenvalue weighted by Crippen LogP contribution is 2.81. The van der Waals surface area contributed by atoms with Gasteiger partial charge in [0, 0.05) is 24.9 Å². The second-order valence-electron chi connectivity index (χ2n) is 15.7. The van der Waals surface area contributed by atoms with Crippen molar-refractivity contribution in [3.63, 3.8) is 0 Å². The van der Waals surface area contributed by atoms with Crippen LogP contribution in [0.15, 0.2) is 0 Å². The molecule has 3 saturated heterocycles. The van der Waals surface area contributed by atoms with Crippen molar-refractivity contribution >= 4 is 5.97 Å². The zero-order chi connectivity index (χ0) is 26.2. The Morgan fingerprint density at radius 3 is 2.57 bits per heavy atom. The lowest BCUT2D eigenvalue weighted by Gasteiger charge is -2.76. The van der Waals surface area contributed by atoms with Crippen LogP contribution in [-0.4, -0.2) is 41.2 Å². The summed E-state index contributed by atoms with van der Waals surface area (Å²) in [6, 6.07) is 1.34. The van der Waals surface area contributed by atoms with Gasteiger partial charge in [-0.25, -0.2) is 0 Å². The molecule has 0 aromatic heterocycles. The summed E-state index contributed by atoms with van der Waals surface area (Å²) in [4.78, 5) is 12.1. The number of carbonyl (C=O) groups is 1. The first-order chi connectivity index (χ1) is 17.4. The fourth-order valence-electron chi connectivity index (χ4n) is 13.2. The Morgan fingerprint density at radius 2 is 1.84 bits per heavy atom. The molecule has 1 spiro atoms. The second-order valence-corrected chi connectivity index (χ2v) is 15.7. The van der Waals surface area contributed by atoms with E-state index in [0.29, 0.717) is 28.2 Å². The molecule has 5 aliphatic carbocycles. The van der Waals surface area contributed by atoms with Gasteiger partial charge in [-0.05, 0) is 111 Å². The lowest BCUT2D eigenvalue weighted by Crippen LogP contribution is -2.80. The number of rotatable bonds is 5. The maximum Gasteiger partial charge on any atom is 0.302 e. The van der Waals surface area contributed by atoms with E-state index in [-0.39, 0.29) is 23.6 Å².